The summed E-state index contributed by atoms with van der Waals surface area (Å²) < 4.78 is 17.5. The molecule has 14 heavy (non-hydrogen) atoms. The number of hydrogen-bond acceptors (Lipinski definition) is 4. The van der Waals surface area contributed by atoms with Crippen LogP contribution in [0.15, 0.2) is 18.5 Å². The van der Waals surface area contributed by atoms with Crippen LogP contribution in [0.1, 0.15) is 18.0 Å². The van der Waals surface area contributed by atoms with E-state index in [-0.39, 0.29) is 12.0 Å². The molecule has 1 rings (SSSR count). The molecule has 0 aliphatic carbocycles. The SMILES string of the molecule is COC(=O)CC(N)c1ccncc1F. The molecule has 1 aromatic heterocycles. The van der Waals surface area contributed by atoms with Gasteiger partial charge in [0.05, 0.1) is 19.7 Å². The third-order valence-corrected chi connectivity index (χ3v) is 1.82. The molecule has 0 aliphatic rings. The highest BCUT2D eigenvalue weighted by molar-refractivity contribution is 5.70. The van der Waals surface area contributed by atoms with Gasteiger partial charge in [-0.1, -0.05) is 0 Å². The zero-order valence-corrected chi connectivity index (χ0v) is 7.74. The number of rotatable bonds is 3. The largest absolute Gasteiger partial charge is 0.469 e. The molecule has 5 heteroatoms. The lowest BCUT2D eigenvalue weighted by molar-refractivity contribution is -0.141. The molecule has 0 saturated heterocycles. The second-order valence-corrected chi connectivity index (χ2v) is 2.78. The highest BCUT2D eigenvalue weighted by atomic mass is 19.1. The van der Waals surface area contributed by atoms with Gasteiger partial charge in [0.25, 0.3) is 0 Å². The van der Waals surface area contributed by atoms with E-state index in [1.165, 1.54) is 19.4 Å². The van der Waals surface area contributed by atoms with Crippen molar-refractivity contribution < 1.29 is 13.9 Å². The van der Waals surface area contributed by atoms with Crippen LogP contribution in [0.25, 0.3) is 0 Å². The summed E-state index contributed by atoms with van der Waals surface area (Å²) in [4.78, 5) is 14.4. The maximum atomic E-state index is 13.1. The molecule has 1 heterocycles. The molecule has 0 spiro atoms. The van der Waals surface area contributed by atoms with Gasteiger partial charge in [0.1, 0.15) is 5.82 Å². The second kappa shape index (κ2) is 4.66. The quantitative estimate of drug-likeness (QED) is 0.729. The van der Waals surface area contributed by atoms with Gasteiger partial charge in [-0.2, -0.15) is 0 Å². The fourth-order valence-electron chi connectivity index (χ4n) is 1.06. The summed E-state index contributed by atoms with van der Waals surface area (Å²) in [7, 11) is 1.26. The van der Waals surface area contributed by atoms with Gasteiger partial charge in [0, 0.05) is 17.8 Å². The van der Waals surface area contributed by atoms with Crippen molar-refractivity contribution in [2.75, 3.05) is 7.11 Å². The van der Waals surface area contributed by atoms with Gasteiger partial charge in [0.15, 0.2) is 0 Å². The summed E-state index contributed by atoms with van der Waals surface area (Å²) in [6.45, 7) is 0. The van der Waals surface area contributed by atoms with Crippen LogP contribution in [0.4, 0.5) is 4.39 Å². The van der Waals surface area contributed by atoms with Crippen LogP contribution in [0.5, 0.6) is 0 Å². The zero-order valence-electron chi connectivity index (χ0n) is 7.74. The maximum absolute atomic E-state index is 13.1. The number of nitrogens with two attached hydrogens (primary N) is 1. The molecule has 0 radical (unpaired) electrons. The first-order valence-corrected chi connectivity index (χ1v) is 4.07. The number of carbonyl (C=O) groups excluding carboxylic acids is 1. The third kappa shape index (κ3) is 2.50. The van der Waals surface area contributed by atoms with E-state index < -0.39 is 17.8 Å². The Hall–Kier alpha value is -1.49. The van der Waals surface area contributed by atoms with Gasteiger partial charge in [-0.3, -0.25) is 9.78 Å². The molecule has 0 fully saturated rings. The van der Waals surface area contributed by atoms with Crippen LogP contribution < -0.4 is 5.73 Å². The van der Waals surface area contributed by atoms with Crippen molar-refractivity contribution in [1.82, 2.24) is 4.98 Å². The topological polar surface area (TPSA) is 65.2 Å². The second-order valence-electron chi connectivity index (χ2n) is 2.78. The normalized spacial score (nSPS) is 12.2. The van der Waals surface area contributed by atoms with Crippen molar-refractivity contribution in [2.45, 2.75) is 12.5 Å². The van der Waals surface area contributed by atoms with Crippen molar-refractivity contribution in [2.24, 2.45) is 5.73 Å². The minimum absolute atomic E-state index is 0.0442. The Labute approximate surface area is 80.9 Å². The van der Waals surface area contributed by atoms with Crippen molar-refractivity contribution in [1.29, 1.82) is 0 Å². The maximum Gasteiger partial charge on any atom is 0.307 e. The Morgan fingerprint density at radius 1 is 1.79 bits per heavy atom. The average Bonchev–Trinajstić information content (AvgIpc) is 2.18. The molecule has 0 aliphatic heterocycles. The minimum Gasteiger partial charge on any atom is -0.469 e. The molecule has 2 N–H and O–H groups in total. The van der Waals surface area contributed by atoms with E-state index >= 15 is 0 Å². The van der Waals surface area contributed by atoms with Gasteiger partial charge in [-0.25, -0.2) is 4.39 Å². The zero-order chi connectivity index (χ0) is 10.6. The first-order valence-electron chi connectivity index (χ1n) is 4.07. The van der Waals surface area contributed by atoms with Crippen molar-refractivity contribution in [3.05, 3.63) is 29.8 Å². The molecule has 1 aromatic rings. The molecule has 0 bridgehead atoms. The van der Waals surface area contributed by atoms with E-state index in [2.05, 4.69) is 9.72 Å². The summed E-state index contributed by atoms with van der Waals surface area (Å²) in [5, 5.41) is 0. The molecule has 76 valence electrons. The summed E-state index contributed by atoms with van der Waals surface area (Å²) in [5.41, 5.74) is 5.87. The number of nitrogens with zero attached hydrogens (tertiary/aromatic N) is 1. The van der Waals surface area contributed by atoms with E-state index in [9.17, 15) is 9.18 Å². The molecule has 4 nitrogen and oxygen atoms in total. The van der Waals surface area contributed by atoms with Crippen molar-refractivity contribution in [3.8, 4) is 0 Å². The summed E-state index contributed by atoms with van der Waals surface area (Å²) in [6.07, 6.45) is 2.44. The number of methoxy groups -OCH3 is 1. The van der Waals surface area contributed by atoms with E-state index in [0.717, 1.165) is 6.20 Å². The number of halogens is 1. The Morgan fingerprint density at radius 3 is 3.07 bits per heavy atom. The van der Waals surface area contributed by atoms with Crippen LogP contribution in [-0.4, -0.2) is 18.1 Å². The number of carbonyl (C=O) groups is 1. The first-order chi connectivity index (χ1) is 6.65. The Kier molecular flexibility index (Phi) is 3.53. The number of ether oxygens (including phenoxy) is 1. The van der Waals surface area contributed by atoms with Gasteiger partial charge >= 0.3 is 5.97 Å². The molecule has 0 saturated carbocycles. The summed E-state index contributed by atoms with van der Waals surface area (Å²) >= 11 is 0. The molecule has 0 amide bonds. The predicted molar refractivity (Wildman–Crippen MR) is 47.8 cm³/mol. The van der Waals surface area contributed by atoms with Gasteiger partial charge in [0.2, 0.25) is 0 Å². The van der Waals surface area contributed by atoms with Crippen LogP contribution in [0.3, 0.4) is 0 Å². The van der Waals surface area contributed by atoms with E-state index in [1.54, 1.807) is 0 Å². The van der Waals surface area contributed by atoms with Gasteiger partial charge in [-0.05, 0) is 6.07 Å². The van der Waals surface area contributed by atoms with Gasteiger partial charge in [-0.15, -0.1) is 0 Å². The monoisotopic (exact) mass is 198 g/mol. The Bertz CT molecular complexity index is 330. The molecule has 1 unspecified atom stereocenters. The van der Waals surface area contributed by atoms with Crippen LogP contribution in [0.2, 0.25) is 0 Å². The number of pyridine rings is 1. The lowest BCUT2D eigenvalue weighted by atomic mass is 10.1. The molecule has 1 atom stereocenters. The smallest absolute Gasteiger partial charge is 0.307 e. The standard InChI is InChI=1S/C9H11FN2O2/c1-14-9(13)4-8(11)6-2-3-12-5-7(6)10/h2-3,5,8H,4,11H2,1H3. The van der Waals surface area contributed by atoms with E-state index in [4.69, 9.17) is 5.73 Å². The predicted octanol–water partition coefficient (Wildman–Crippen LogP) is 0.784. The molecular weight excluding hydrogens is 187 g/mol. The molecular formula is C9H11FN2O2. The van der Waals surface area contributed by atoms with Crippen LogP contribution in [-0.2, 0) is 9.53 Å². The fraction of sp³-hybridized carbons (Fsp3) is 0.333. The Balaban J connectivity index is 2.74. The van der Waals surface area contributed by atoms with Crippen LogP contribution >= 0.6 is 0 Å². The number of hydrogen-bond donors (Lipinski definition) is 1. The fourth-order valence-corrected chi connectivity index (χ4v) is 1.06. The first kappa shape index (κ1) is 10.6. The van der Waals surface area contributed by atoms with Crippen molar-refractivity contribution in [3.63, 3.8) is 0 Å². The number of aromatic nitrogens is 1. The average molecular weight is 198 g/mol. The van der Waals surface area contributed by atoms with Crippen molar-refractivity contribution >= 4 is 5.97 Å². The van der Waals surface area contributed by atoms with Gasteiger partial charge < -0.3 is 10.5 Å². The summed E-state index contributed by atoms with van der Waals surface area (Å²) in [5.74, 6) is -0.974. The lowest BCUT2D eigenvalue weighted by Crippen LogP contribution is -2.17. The third-order valence-electron chi connectivity index (χ3n) is 1.82. The minimum atomic E-state index is -0.689. The summed E-state index contributed by atoms with van der Waals surface area (Å²) in [6, 6.07) is 0.758. The highest BCUT2D eigenvalue weighted by Crippen LogP contribution is 2.16. The van der Waals surface area contributed by atoms with E-state index in [0.29, 0.717) is 0 Å². The Morgan fingerprint density at radius 2 is 2.50 bits per heavy atom. The van der Waals surface area contributed by atoms with Crippen LogP contribution in [0, 0.1) is 5.82 Å². The van der Waals surface area contributed by atoms with E-state index in [1.807, 2.05) is 0 Å². The lowest BCUT2D eigenvalue weighted by Gasteiger charge is -2.10. The number of esters is 1. The highest BCUT2D eigenvalue weighted by Gasteiger charge is 2.15. The molecule has 0 aromatic carbocycles.